The minimum Gasteiger partial charge on any atom is -0.406 e. The standard InChI is InChI=1S/C18H12ClF4N3O2S/c19-16-10(9-29-15-6-1-11(20)7-14(15)16)8-24-26-17(27)25-12-2-4-13(5-3-12)28-18(21,22)23/h1-8H,9H2,(H2,25,26,27)/b24-8+. The first-order valence-corrected chi connectivity index (χ1v) is 9.35. The zero-order valence-electron chi connectivity index (χ0n) is 14.4. The second kappa shape index (κ2) is 8.75. The third-order valence-electron chi connectivity index (χ3n) is 3.58. The molecule has 5 nitrogen and oxygen atoms in total. The molecule has 1 heterocycles. The summed E-state index contributed by atoms with van der Waals surface area (Å²) in [6, 6.07) is 8.21. The molecular formula is C18H12ClF4N3O2S. The summed E-state index contributed by atoms with van der Waals surface area (Å²) in [6.45, 7) is 0. The fourth-order valence-corrected chi connectivity index (χ4v) is 3.77. The van der Waals surface area contributed by atoms with Crippen LogP contribution in [0.3, 0.4) is 0 Å². The van der Waals surface area contributed by atoms with Crippen LogP contribution in [0.5, 0.6) is 5.75 Å². The maximum atomic E-state index is 13.4. The number of fused-ring (bicyclic) bond motifs is 1. The lowest BCUT2D eigenvalue weighted by molar-refractivity contribution is -0.274. The van der Waals surface area contributed by atoms with Crippen LogP contribution in [0.25, 0.3) is 5.03 Å². The van der Waals surface area contributed by atoms with Gasteiger partial charge in [-0.05, 0) is 42.5 Å². The zero-order valence-corrected chi connectivity index (χ0v) is 16.0. The van der Waals surface area contributed by atoms with Crippen LogP contribution < -0.4 is 15.5 Å². The van der Waals surface area contributed by atoms with Crippen molar-refractivity contribution in [3.05, 3.63) is 59.4 Å². The van der Waals surface area contributed by atoms with Gasteiger partial charge in [-0.2, -0.15) is 5.10 Å². The topological polar surface area (TPSA) is 62.7 Å². The number of thioether (sulfide) groups is 1. The SMILES string of the molecule is O=C(N/N=C/C1=C(Cl)c2cc(F)ccc2SC1)Nc1ccc(OC(F)(F)F)cc1. The summed E-state index contributed by atoms with van der Waals surface area (Å²) in [7, 11) is 0. The molecule has 2 amide bonds. The Morgan fingerprint density at radius 2 is 1.93 bits per heavy atom. The Labute approximate surface area is 171 Å². The van der Waals surface area contributed by atoms with E-state index in [1.165, 1.54) is 42.2 Å². The van der Waals surface area contributed by atoms with Gasteiger partial charge in [0, 0.05) is 27.5 Å². The van der Waals surface area contributed by atoms with Crippen LogP contribution >= 0.6 is 23.4 Å². The molecule has 3 rings (SSSR count). The number of nitrogens with zero attached hydrogens (tertiary/aromatic N) is 1. The van der Waals surface area contributed by atoms with Gasteiger partial charge in [-0.15, -0.1) is 24.9 Å². The number of urea groups is 1. The molecule has 29 heavy (non-hydrogen) atoms. The largest absolute Gasteiger partial charge is 0.573 e. The van der Waals surface area contributed by atoms with E-state index in [1.807, 2.05) is 0 Å². The van der Waals surface area contributed by atoms with Crippen LogP contribution in [-0.2, 0) is 0 Å². The Hall–Kier alpha value is -2.72. The number of anilines is 1. The predicted octanol–water partition coefficient (Wildman–Crippen LogP) is 5.59. The fraction of sp³-hybridized carbons (Fsp3) is 0.111. The Balaban J connectivity index is 1.58. The Kier molecular flexibility index (Phi) is 6.33. The van der Waals surface area contributed by atoms with E-state index in [9.17, 15) is 22.4 Å². The number of hydrogen-bond acceptors (Lipinski definition) is 4. The molecular weight excluding hydrogens is 434 g/mol. The normalized spacial score (nSPS) is 14.0. The van der Waals surface area contributed by atoms with Gasteiger partial charge in [-0.3, -0.25) is 0 Å². The van der Waals surface area contributed by atoms with Crippen molar-refractivity contribution < 1.29 is 27.1 Å². The van der Waals surface area contributed by atoms with E-state index in [-0.39, 0.29) is 5.69 Å². The lowest BCUT2D eigenvalue weighted by Gasteiger charge is -2.16. The summed E-state index contributed by atoms with van der Waals surface area (Å²) >= 11 is 7.73. The molecule has 2 aromatic rings. The molecule has 0 bridgehead atoms. The number of carbonyl (C=O) groups is 1. The van der Waals surface area contributed by atoms with Gasteiger partial charge in [0.2, 0.25) is 0 Å². The van der Waals surface area contributed by atoms with Crippen LogP contribution in [0.1, 0.15) is 5.56 Å². The van der Waals surface area contributed by atoms with Gasteiger partial charge in [0.15, 0.2) is 0 Å². The van der Waals surface area contributed by atoms with E-state index in [1.54, 1.807) is 6.07 Å². The maximum absolute atomic E-state index is 13.4. The average molecular weight is 446 g/mol. The molecule has 2 N–H and O–H groups in total. The Morgan fingerprint density at radius 1 is 1.21 bits per heavy atom. The van der Waals surface area contributed by atoms with Crippen molar-refractivity contribution in [2.24, 2.45) is 5.10 Å². The van der Waals surface area contributed by atoms with E-state index in [0.29, 0.717) is 21.9 Å². The first-order chi connectivity index (χ1) is 13.7. The number of rotatable bonds is 4. The molecule has 0 spiro atoms. The van der Waals surface area contributed by atoms with Gasteiger partial charge in [-0.25, -0.2) is 14.6 Å². The molecule has 0 atom stereocenters. The van der Waals surface area contributed by atoms with E-state index in [4.69, 9.17) is 11.6 Å². The molecule has 1 aliphatic rings. The maximum Gasteiger partial charge on any atom is 0.573 e. The number of carbonyl (C=O) groups excluding carboxylic acids is 1. The van der Waals surface area contributed by atoms with Crippen molar-refractivity contribution in [1.82, 2.24) is 5.43 Å². The Morgan fingerprint density at radius 3 is 2.62 bits per heavy atom. The molecule has 0 saturated heterocycles. The van der Waals surface area contributed by atoms with E-state index in [0.717, 1.165) is 17.0 Å². The molecule has 1 aliphatic heterocycles. The average Bonchev–Trinajstić information content (AvgIpc) is 2.64. The highest BCUT2D eigenvalue weighted by molar-refractivity contribution is 7.99. The molecule has 0 saturated carbocycles. The number of ether oxygens (including phenoxy) is 1. The van der Waals surface area contributed by atoms with E-state index < -0.39 is 24.0 Å². The van der Waals surface area contributed by atoms with Crippen LogP contribution in [0.4, 0.5) is 28.0 Å². The number of benzene rings is 2. The molecule has 0 aliphatic carbocycles. The summed E-state index contributed by atoms with van der Waals surface area (Å²) in [5, 5.41) is 6.53. The molecule has 152 valence electrons. The van der Waals surface area contributed by atoms with Gasteiger partial charge in [0.05, 0.1) is 11.2 Å². The summed E-state index contributed by atoms with van der Waals surface area (Å²) in [6.07, 6.45) is -3.44. The lowest BCUT2D eigenvalue weighted by Crippen LogP contribution is -2.24. The van der Waals surface area contributed by atoms with Gasteiger partial charge in [0.1, 0.15) is 11.6 Å². The van der Waals surface area contributed by atoms with Gasteiger partial charge in [0.25, 0.3) is 0 Å². The highest BCUT2D eigenvalue weighted by Gasteiger charge is 2.31. The molecule has 0 fully saturated rings. The van der Waals surface area contributed by atoms with Crippen molar-refractivity contribution >= 4 is 46.3 Å². The third-order valence-corrected chi connectivity index (χ3v) is 5.14. The number of nitrogens with one attached hydrogen (secondary N) is 2. The van der Waals surface area contributed by atoms with Crippen LogP contribution in [0.2, 0.25) is 0 Å². The van der Waals surface area contributed by atoms with Gasteiger partial charge >= 0.3 is 12.4 Å². The summed E-state index contributed by atoms with van der Waals surface area (Å²) in [4.78, 5) is 12.7. The fourth-order valence-electron chi connectivity index (χ4n) is 2.35. The monoisotopic (exact) mass is 445 g/mol. The number of alkyl halides is 3. The van der Waals surface area contributed by atoms with Crippen molar-refractivity contribution in [3.8, 4) is 5.75 Å². The zero-order chi connectivity index (χ0) is 21.0. The summed E-state index contributed by atoms with van der Waals surface area (Å²) < 4.78 is 53.5. The summed E-state index contributed by atoms with van der Waals surface area (Å²) in [5.41, 5.74) is 3.61. The van der Waals surface area contributed by atoms with Crippen molar-refractivity contribution in [1.29, 1.82) is 0 Å². The highest BCUT2D eigenvalue weighted by Crippen LogP contribution is 2.38. The number of amides is 2. The minimum atomic E-state index is -4.79. The third kappa shape index (κ3) is 5.88. The second-order valence-electron chi connectivity index (χ2n) is 5.66. The number of halogens is 5. The summed E-state index contributed by atoms with van der Waals surface area (Å²) in [5.74, 6) is -0.329. The quantitative estimate of drug-likeness (QED) is 0.366. The highest BCUT2D eigenvalue weighted by atomic mass is 35.5. The van der Waals surface area contributed by atoms with Gasteiger partial charge < -0.3 is 10.1 Å². The van der Waals surface area contributed by atoms with Crippen molar-refractivity contribution in [2.45, 2.75) is 11.3 Å². The smallest absolute Gasteiger partial charge is 0.406 e. The first-order valence-electron chi connectivity index (χ1n) is 7.98. The predicted molar refractivity (Wildman–Crippen MR) is 104 cm³/mol. The van der Waals surface area contributed by atoms with Crippen LogP contribution in [0, 0.1) is 5.82 Å². The number of hydrogen-bond donors (Lipinski definition) is 2. The molecule has 11 heteroatoms. The van der Waals surface area contributed by atoms with Crippen molar-refractivity contribution in [3.63, 3.8) is 0 Å². The lowest BCUT2D eigenvalue weighted by atomic mass is 10.1. The minimum absolute atomic E-state index is 0.238. The second-order valence-corrected chi connectivity index (χ2v) is 7.06. The first kappa shape index (κ1) is 21.0. The van der Waals surface area contributed by atoms with E-state index in [2.05, 4.69) is 20.6 Å². The van der Waals surface area contributed by atoms with Gasteiger partial charge in [-0.1, -0.05) is 11.6 Å². The van der Waals surface area contributed by atoms with Crippen molar-refractivity contribution in [2.75, 3.05) is 11.1 Å². The molecule has 2 aromatic carbocycles. The van der Waals surface area contributed by atoms with Crippen LogP contribution in [0.15, 0.2) is 58.0 Å². The van der Waals surface area contributed by atoms with Crippen LogP contribution in [-0.4, -0.2) is 24.4 Å². The molecule has 0 unspecified atom stereocenters. The molecule has 0 radical (unpaired) electrons. The van der Waals surface area contributed by atoms with E-state index >= 15 is 0 Å². The Bertz CT molecular complexity index is 978. The number of hydrazone groups is 1. The molecule has 0 aromatic heterocycles.